The number of ether oxygens (including phenoxy) is 2. The highest BCUT2D eigenvalue weighted by Gasteiger charge is 2.23. The van der Waals surface area contributed by atoms with Crippen molar-refractivity contribution >= 4 is 23.2 Å². The van der Waals surface area contributed by atoms with Crippen LogP contribution in [0.3, 0.4) is 0 Å². The van der Waals surface area contributed by atoms with Crippen molar-refractivity contribution in [3.8, 4) is 11.8 Å². The predicted molar refractivity (Wildman–Crippen MR) is 99.5 cm³/mol. The van der Waals surface area contributed by atoms with E-state index in [0.29, 0.717) is 35.7 Å². The Kier molecular flexibility index (Phi) is 6.02. The summed E-state index contributed by atoms with van der Waals surface area (Å²) in [6, 6.07) is 15.3. The van der Waals surface area contributed by atoms with Crippen LogP contribution in [-0.2, 0) is 9.53 Å². The summed E-state index contributed by atoms with van der Waals surface area (Å²) in [5, 5.41) is 14.1. The van der Waals surface area contributed by atoms with E-state index in [1.54, 1.807) is 48.5 Å². The van der Waals surface area contributed by atoms with Crippen molar-refractivity contribution < 1.29 is 19.1 Å². The third-order valence-electron chi connectivity index (χ3n) is 4.03. The molecule has 1 unspecified atom stereocenters. The second-order valence-corrected chi connectivity index (χ2v) is 6.00. The van der Waals surface area contributed by atoms with Gasteiger partial charge in [0.05, 0.1) is 0 Å². The minimum Gasteiger partial charge on any atom is -0.479 e. The van der Waals surface area contributed by atoms with E-state index in [-0.39, 0.29) is 18.4 Å². The van der Waals surface area contributed by atoms with E-state index < -0.39 is 6.10 Å². The third-order valence-corrected chi connectivity index (χ3v) is 4.03. The average molecular weight is 365 g/mol. The predicted octanol–water partition coefficient (Wildman–Crippen LogP) is 2.96. The van der Waals surface area contributed by atoms with Gasteiger partial charge in [0.15, 0.2) is 6.61 Å². The minimum absolute atomic E-state index is 0.0316. The zero-order chi connectivity index (χ0) is 19.1. The zero-order valence-corrected chi connectivity index (χ0v) is 14.6. The van der Waals surface area contributed by atoms with Gasteiger partial charge in [-0.15, -0.1) is 0 Å². The molecule has 1 saturated heterocycles. The lowest BCUT2D eigenvalue weighted by atomic mass is 10.1. The highest BCUT2D eigenvalue weighted by atomic mass is 16.5. The average Bonchev–Trinajstić information content (AvgIpc) is 3.23. The number of carbonyl (C=O) groups is 2. The van der Waals surface area contributed by atoms with Gasteiger partial charge in [-0.25, -0.2) is 0 Å². The molecule has 1 aliphatic heterocycles. The summed E-state index contributed by atoms with van der Waals surface area (Å²) in [7, 11) is 0. The van der Waals surface area contributed by atoms with Crippen LogP contribution < -0.4 is 15.4 Å². The number of hydrogen-bond donors (Lipinski definition) is 2. The molecule has 3 rings (SSSR count). The molecule has 0 aliphatic carbocycles. The number of benzene rings is 2. The maximum atomic E-state index is 12.4. The first-order valence-electron chi connectivity index (χ1n) is 8.59. The normalized spacial score (nSPS) is 15.6. The van der Waals surface area contributed by atoms with Crippen molar-refractivity contribution in [3.63, 3.8) is 0 Å². The summed E-state index contributed by atoms with van der Waals surface area (Å²) in [4.78, 5) is 24.6. The second kappa shape index (κ2) is 8.83. The van der Waals surface area contributed by atoms with Crippen molar-refractivity contribution in [2.75, 3.05) is 23.8 Å². The van der Waals surface area contributed by atoms with Gasteiger partial charge in [-0.3, -0.25) is 9.59 Å². The minimum atomic E-state index is -0.427. The van der Waals surface area contributed by atoms with E-state index in [2.05, 4.69) is 10.6 Å². The van der Waals surface area contributed by atoms with E-state index in [1.165, 1.54) is 0 Å². The molecular weight excluding hydrogens is 346 g/mol. The van der Waals surface area contributed by atoms with Crippen LogP contribution in [0.25, 0.3) is 0 Å². The molecule has 2 N–H and O–H groups in total. The topological polar surface area (TPSA) is 100 Å². The fraction of sp³-hybridized carbons (Fsp3) is 0.250. The molecule has 2 aromatic rings. The number of rotatable bonds is 6. The third kappa shape index (κ3) is 5.06. The van der Waals surface area contributed by atoms with Crippen LogP contribution in [0.15, 0.2) is 48.5 Å². The largest absolute Gasteiger partial charge is 0.479 e. The molecule has 1 heterocycles. The first-order chi connectivity index (χ1) is 13.2. The van der Waals surface area contributed by atoms with Crippen molar-refractivity contribution in [2.45, 2.75) is 18.9 Å². The molecule has 27 heavy (non-hydrogen) atoms. The Morgan fingerprint density at radius 3 is 2.67 bits per heavy atom. The van der Waals surface area contributed by atoms with Crippen molar-refractivity contribution in [3.05, 3.63) is 54.1 Å². The molecule has 1 fully saturated rings. The summed E-state index contributed by atoms with van der Waals surface area (Å²) in [6.45, 7) is 0.566. The first-order valence-corrected chi connectivity index (χ1v) is 8.59. The van der Waals surface area contributed by atoms with Gasteiger partial charge in [0.2, 0.25) is 0 Å². The van der Waals surface area contributed by atoms with Gasteiger partial charge >= 0.3 is 0 Å². The Hall–Kier alpha value is -3.37. The zero-order valence-electron chi connectivity index (χ0n) is 14.6. The molecule has 7 nitrogen and oxygen atoms in total. The molecule has 0 saturated carbocycles. The van der Waals surface area contributed by atoms with Gasteiger partial charge in [0, 0.05) is 23.5 Å². The van der Waals surface area contributed by atoms with Crippen LogP contribution in [0, 0.1) is 11.3 Å². The Bertz CT molecular complexity index is 852. The summed E-state index contributed by atoms with van der Waals surface area (Å²) >= 11 is 0. The van der Waals surface area contributed by atoms with Crippen LogP contribution in [0.1, 0.15) is 23.2 Å². The second-order valence-electron chi connectivity index (χ2n) is 6.00. The maximum Gasteiger partial charge on any atom is 0.255 e. The Morgan fingerprint density at radius 2 is 1.96 bits per heavy atom. The lowest BCUT2D eigenvalue weighted by Crippen LogP contribution is -2.27. The quantitative estimate of drug-likeness (QED) is 0.820. The molecule has 1 aliphatic rings. The molecule has 1 atom stereocenters. The summed E-state index contributed by atoms with van der Waals surface area (Å²) < 4.78 is 10.5. The van der Waals surface area contributed by atoms with E-state index in [1.807, 2.05) is 6.07 Å². The Morgan fingerprint density at radius 1 is 1.15 bits per heavy atom. The summed E-state index contributed by atoms with van der Waals surface area (Å²) in [5.74, 6) is 0.0558. The van der Waals surface area contributed by atoms with E-state index in [0.717, 1.165) is 6.42 Å². The van der Waals surface area contributed by atoms with Crippen LogP contribution in [0.4, 0.5) is 11.4 Å². The standard InChI is InChI=1S/C20H19N3O4/c21-10-12-26-17-8-6-15(7-9-17)22-19(24)14-3-1-4-16(13-14)23-20(25)18-5-2-11-27-18/h1,3-4,6-9,13,18H,2,5,11-12H2,(H,22,24)(H,23,25). The monoisotopic (exact) mass is 365 g/mol. The highest BCUT2D eigenvalue weighted by Crippen LogP contribution is 2.19. The van der Waals surface area contributed by atoms with Crippen LogP contribution >= 0.6 is 0 Å². The van der Waals surface area contributed by atoms with Crippen molar-refractivity contribution in [1.29, 1.82) is 5.26 Å². The van der Waals surface area contributed by atoms with Gasteiger partial charge in [-0.1, -0.05) is 6.07 Å². The highest BCUT2D eigenvalue weighted by molar-refractivity contribution is 6.05. The molecule has 0 aromatic heterocycles. The van der Waals surface area contributed by atoms with E-state index in [9.17, 15) is 9.59 Å². The molecule has 7 heteroatoms. The number of amides is 2. The van der Waals surface area contributed by atoms with Gasteiger partial charge in [0.25, 0.3) is 11.8 Å². The van der Waals surface area contributed by atoms with Crippen molar-refractivity contribution in [2.24, 2.45) is 0 Å². The van der Waals surface area contributed by atoms with Gasteiger partial charge in [-0.2, -0.15) is 5.26 Å². The molecule has 0 spiro atoms. The SMILES string of the molecule is N#CCOc1ccc(NC(=O)c2cccc(NC(=O)C3CCCO3)c2)cc1. The Labute approximate surface area is 156 Å². The summed E-state index contributed by atoms with van der Waals surface area (Å²) in [5.41, 5.74) is 1.56. The molecule has 2 amide bonds. The number of hydrogen-bond acceptors (Lipinski definition) is 5. The maximum absolute atomic E-state index is 12.4. The molecule has 0 bridgehead atoms. The van der Waals surface area contributed by atoms with Gasteiger partial charge in [-0.05, 0) is 55.3 Å². The lowest BCUT2D eigenvalue weighted by molar-refractivity contribution is -0.124. The van der Waals surface area contributed by atoms with Crippen LogP contribution in [0.2, 0.25) is 0 Å². The van der Waals surface area contributed by atoms with E-state index in [4.69, 9.17) is 14.7 Å². The Balaban J connectivity index is 1.61. The molecule has 0 radical (unpaired) electrons. The van der Waals surface area contributed by atoms with Crippen LogP contribution in [-0.4, -0.2) is 31.1 Å². The first kappa shape index (κ1) is 18.4. The molecular formula is C20H19N3O4. The molecule has 2 aromatic carbocycles. The fourth-order valence-electron chi connectivity index (χ4n) is 2.70. The number of nitriles is 1. The van der Waals surface area contributed by atoms with E-state index >= 15 is 0 Å². The van der Waals surface area contributed by atoms with Gasteiger partial charge in [0.1, 0.15) is 17.9 Å². The number of carbonyl (C=O) groups excluding carboxylic acids is 2. The number of anilines is 2. The number of nitrogens with one attached hydrogen (secondary N) is 2. The summed E-state index contributed by atoms with van der Waals surface area (Å²) in [6.07, 6.45) is 1.16. The fourth-order valence-corrected chi connectivity index (χ4v) is 2.70. The van der Waals surface area contributed by atoms with Crippen LogP contribution in [0.5, 0.6) is 5.75 Å². The lowest BCUT2D eigenvalue weighted by Gasteiger charge is -2.11. The smallest absolute Gasteiger partial charge is 0.255 e. The molecule has 138 valence electrons. The number of nitrogens with zero attached hydrogens (tertiary/aromatic N) is 1. The van der Waals surface area contributed by atoms with Crippen molar-refractivity contribution in [1.82, 2.24) is 0 Å². The van der Waals surface area contributed by atoms with Gasteiger partial charge < -0.3 is 20.1 Å².